The van der Waals surface area contributed by atoms with E-state index in [0.29, 0.717) is 24.2 Å². The minimum Gasteiger partial charge on any atom is -0.394 e. The standard InChI is InChI=1S/C35H43BrN4O5/c1-6-19-37(5)32(42)28-29-33(43)40(27(22-41)23-13-11-10-12-14-23)31(35(29)21-26(36)30(28)45-35)34(44)39(20-7-2)25-17-15-24(16-18-25)38(8-3)9-4/h6-7,10-18,26-31,41H,1-2,8-9,19-22H2,3-5H3/t26?,27-,28+,29+,30+,31?,35?/m1/s1. The Balaban J connectivity index is 1.63. The number of halogens is 1. The molecule has 9 nitrogen and oxygen atoms in total. The van der Waals surface area contributed by atoms with Gasteiger partial charge in [-0.15, -0.1) is 13.2 Å². The van der Waals surface area contributed by atoms with Crippen LogP contribution < -0.4 is 9.80 Å². The first kappa shape index (κ1) is 32.9. The number of rotatable bonds is 13. The highest BCUT2D eigenvalue weighted by atomic mass is 79.9. The van der Waals surface area contributed by atoms with Gasteiger partial charge < -0.3 is 29.4 Å². The van der Waals surface area contributed by atoms with Crippen molar-refractivity contribution >= 4 is 45.0 Å². The second-order valence-electron chi connectivity index (χ2n) is 12.0. The van der Waals surface area contributed by atoms with Crippen molar-refractivity contribution in [2.45, 2.75) is 48.9 Å². The Hall–Kier alpha value is -3.47. The third-order valence-electron chi connectivity index (χ3n) is 9.59. The number of likely N-dealkylation sites (tertiary alicyclic amines) is 1. The van der Waals surface area contributed by atoms with Crippen LogP contribution in [-0.2, 0) is 19.1 Å². The van der Waals surface area contributed by atoms with Gasteiger partial charge in [-0.25, -0.2) is 0 Å². The molecular formula is C35H43BrN4O5. The number of carbonyl (C=O) groups excluding carboxylic acids is 3. The number of alkyl halides is 1. The number of amides is 3. The molecule has 0 saturated carbocycles. The molecule has 3 fully saturated rings. The van der Waals surface area contributed by atoms with Crippen molar-refractivity contribution in [1.29, 1.82) is 0 Å². The quantitative estimate of drug-likeness (QED) is 0.253. The lowest BCUT2D eigenvalue weighted by atomic mass is 9.70. The maximum absolute atomic E-state index is 15.0. The van der Waals surface area contributed by atoms with E-state index in [0.717, 1.165) is 18.8 Å². The van der Waals surface area contributed by atoms with Crippen molar-refractivity contribution in [3.63, 3.8) is 0 Å². The molecule has 0 aromatic heterocycles. The van der Waals surface area contributed by atoms with Gasteiger partial charge in [0.1, 0.15) is 11.6 Å². The number of aliphatic hydroxyl groups excluding tert-OH is 1. The maximum Gasteiger partial charge on any atom is 0.253 e. The van der Waals surface area contributed by atoms with Crippen molar-refractivity contribution in [2.75, 3.05) is 49.6 Å². The monoisotopic (exact) mass is 678 g/mol. The minimum absolute atomic E-state index is 0.198. The first-order chi connectivity index (χ1) is 21.7. The second kappa shape index (κ2) is 13.5. The van der Waals surface area contributed by atoms with E-state index in [-0.39, 0.29) is 29.1 Å². The van der Waals surface area contributed by atoms with Crippen LogP contribution >= 0.6 is 15.9 Å². The molecule has 3 aliphatic rings. The molecule has 0 aliphatic carbocycles. The van der Waals surface area contributed by atoms with Crippen molar-refractivity contribution in [3.05, 3.63) is 85.5 Å². The van der Waals surface area contributed by atoms with Crippen LogP contribution in [0.1, 0.15) is 31.9 Å². The van der Waals surface area contributed by atoms with Crippen LogP contribution in [0, 0.1) is 11.8 Å². The molecule has 3 amide bonds. The molecule has 3 heterocycles. The zero-order valence-electron chi connectivity index (χ0n) is 26.2. The Morgan fingerprint density at radius 1 is 1.04 bits per heavy atom. The number of nitrogens with zero attached hydrogens (tertiary/aromatic N) is 4. The Morgan fingerprint density at radius 2 is 1.67 bits per heavy atom. The van der Waals surface area contributed by atoms with Gasteiger partial charge in [-0.05, 0) is 50.1 Å². The largest absolute Gasteiger partial charge is 0.394 e. The fourth-order valence-corrected chi connectivity index (χ4v) is 8.51. The van der Waals surface area contributed by atoms with E-state index >= 15 is 4.79 Å². The van der Waals surface area contributed by atoms with Gasteiger partial charge >= 0.3 is 0 Å². The number of fused-ring (bicyclic) bond motifs is 1. The summed E-state index contributed by atoms with van der Waals surface area (Å²) in [7, 11) is 1.68. The summed E-state index contributed by atoms with van der Waals surface area (Å²) in [5.74, 6) is -2.62. The van der Waals surface area contributed by atoms with Crippen LogP contribution in [0.5, 0.6) is 0 Å². The smallest absolute Gasteiger partial charge is 0.253 e. The number of hydrogen-bond donors (Lipinski definition) is 1. The summed E-state index contributed by atoms with van der Waals surface area (Å²) >= 11 is 3.75. The van der Waals surface area contributed by atoms with Gasteiger partial charge in [0.05, 0.1) is 30.6 Å². The number of aliphatic hydroxyl groups is 1. The fraction of sp³-hybridized carbons (Fsp3) is 0.457. The third-order valence-corrected chi connectivity index (χ3v) is 10.4. The molecule has 3 saturated heterocycles. The van der Waals surface area contributed by atoms with Crippen LogP contribution in [0.3, 0.4) is 0 Å². The molecule has 2 bridgehead atoms. The molecule has 3 unspecified atom stereocenters. The highest BCUT2D eigenvalue weighted by Gasteiger charge is 2.77. The lowest BCUT2D eigenvalue weighted by molar-refractivity contribution is -0.147. The predicted octanol–water partition coefficient (Wildman–Crippen LogP) is 4.18. The van der Waals surface area contributed by atoms with Gasteiger partial charge in [-0.1, -0.05) is 58.4 Å². The average molecular weight is 680 g/mol. The molecule has 3 aliphatic heterocycles. The summed E-state index contributed by atoms with van der Waals surface area (Å²) in [4.78, 5) is 50.2. The number of hydrogen-bond acceptors (Lipinski definition) is 6. The molecule has 7 atom stereocenters. The number of benzene rings is 2. The minimum atomic E-state index is -1.27. The third kappa shape index (κ3) is 5.51. The Bertz CT molecular complexity index is 1420. The first-order valence-corrected chi connectivity index (χ1v) is 16.5. The van der Waals surface area contributed by atoms with E-state index in [4.69, 9.17) is 4.74 Å². The van der Waals surface area contributed by atoms with Gasteiger partial charge in [0, 0.05) is 49.4 Å². The second-order valence-corrected chi connectivity index (χ2v) is 13.1. The Kier molecular flexibility index (Phi) is 9.86. The van der Waals surface area contributed by atoms with Gasteiger partial charge in [0.25, 0.3) is 5.91 Å². The molecule has 1 spiro atoms. The topological polar surface area (TPSA) is 93.6 Å². The molecule has 5 rings (SSSR count). The van der Waals surface area contributed by atoms with Crippen molar-refractivity contribution in [2.24, 2.45) is 11.8 Å². The maximum atomic E-state index is 15.0. The van der Waals surface area contributed by atoms with Crippen LogP contribution in [0.25, 0.3) is 0 Å². The lowest BCUT2D eigenvalue weighted by Crippen LogP contribution is -2.57. The summed E-state index contributed by atoms with van der Waals surface area (Å²) in [6.07, 6.45) is 3.08. The Labute approximate surface area is 274 Å². The number of likely N-dealkylation sites (N-methyl/N-ethyl adjacent to an activating group) is 1. The van der Waals surface area contributed by atoms with E-state index in [1.54, 1.807) is 29.0 Å². The first-order valence-electron chi connectivity index (χ1n) is 15.6. The van der Waals surface area contributed by atoms with E-state index in [1.807, 2.05) is 54.6 Å². The fourth-order valence-electron chi connectivity index (χ4n) is 7.56. The van der Waals surface area contributed by atoms with Crippen LogP contribution in [0.2, 0.25) is 0 Å². The molecule has 10 heteroatoms. The highest BCUT2D eigenvalue weighted by molar-refractivity contribution is 9.09. The number of ether oxygens (including phenoxy) is 1. The van der Waals surface area contributed by atoms with E-state index < -0.39 is 42.2 Å². The van der Waals surface area contributed by atoms with Crippen molar-refractivity contribution in [1.82, 2.24) is 9.80 Å². The van der Waals surface area contributed by atoms with Crippen molar-refractivity contribution in [3.8, 4) is 0 Å². The zero-order chi connectivity index (χ0) is 32.5. The number of carbonyl (C=O) groups is 3. The van der Waals surface area contributed by atoms with E-state index in [2.05, 4.69) is 47.8 Å². The van der Waals surface area contributed by atoms with Crippen molar-refractivity contribution < 1.29 is 24.2 Å². The molecular weight excluding hydrogens is 636 g/mol. The molecule has 0 radical (unpaired) electrons. The highest BCUT2D eigenvalue weighted by Crippen LogP contribution is 2.61. The summed E-state index contributed by atoms with van der Waals surface area (Å²) in [6.45, 7) is 13.7. The molecule has 240 valence electrons. The van der Waals surface area contributed by atoms with Gasteiger partial charge in [0.2, 0.25) is 11.8 Å². The normalized spacial score (nSPS) is 27.2. The lowest BCUT2D eigenvalue weighted by Gasteiger charge is -2.39. The van der Waals surface area contributed by atoms with Crippen LogP contribution in [0.15, 0.2) is 79.9 Å². The summed E-state index contributed by atoms with van der Waals surface area (Å²) in [5.41, 5.74) is 1.12. The molecule has 2 aromatic rings. The SMILES string of the molecule is C=CCN(C)C(=O)[C@H]1[C@H]2C(=O)N([C@H](CO)c3ccccc3)C(C(=O)N(CC=C)c3ccc(N(CC)CC)cc3)C23CC(Br)[C@@H]1O3. The Morgan fingerprint density at radius 3 is 2.24 bits per heavy atom. The average Bonchev–Trinajstić information content (AvgIpc) is 3.64. The van der Waals surface area contributed by atoms with Gasteiger partial charge in [0.15, 0.2) is 0 Å². The number of anilines is 2. The van der Waals surface area contributed by atoms with Gasteiger partial charge in [-0.2, -0.15) is 0 Å². The summed E-state index contributed by atoms with van der Waals surface area (Å²) < 4.78 is 6.72. The summed E-state index contributed by atoms with van der Waals surface area (Å²) in [6, 6.07) is 15.1. The molecule has 1 N–H and O–H groups in total. The van der Waals surface area contributed by atoms with E-state index in [1.165, 1.54) is 4.90 Å². The molecule has 45 heavy (non-hydrogen) atoms. The summed E-state index contributed by atoms with van der Waals surface area (Å²) in [5, 5.41) is 10.8. The van der Waals surface area contributed by atoms with Crippen LogP contribution in [-0.4, -0.2) is 95.0 Å². The molecule has 2 aromatic carbocycles. The van der Waals surface area contributed by atoms with Gasteiger partial charge in [-0.3, -0.25) is 14.4 Å². The zero-order valence-corrected chi connectivity index (χ0v) is 27.8. The predicted molar refractivity (Wildman–Crippen MR) is 179 cm³/mol. The van der Waals surface area contributed by atoms with E-state index in [9.17, 15) is 14.7 Å². The van der Waals surface area contributed by atoms with Crippen LogP contribution in [0.4, 0.5) is 11.4 Å².